The minimum atomic E-state index is -0.929. The maximum Gasteiger partial charge on any atom is 0.306 e. The van der Waals surface area contributed by atoms with Crippen molar-refractivity contribution in [1.82, 2.24) is 10.1 Å². The maximum absolute atomic E-state index is 12.3. The molecule has 2 heterocycles. The highest BCUT2D eigenvalue weighted by atomic mass is 16.5. The third kappa shape index (κ3) is 2.82. The molecule has 3 rings (SSSR count). The van der Waals surface area contributed by atoms with Crippen molar-refractivity contribution in [3.63, 3.8) is 0 Å². The molecule has 7 nitrogen and oxygen atoms in total. The van der Waals surface area contributed by atoms with Crippen LogP contribution >= 0.6 is 0 Å². The van der Waals surface area contributed by atoms with Gasteiger partial charge < -0.3 is 19.3 Å². The molecule has 1 saturated carbocycles. The van der Waals surface area contributed by atoms with Gasteiger partial charge in [-0.15, -0.1) is 0 Å². The van der Waals surface area contributed by atoms with Crippen LogP contribution in [-0.4, -0.2) is 52.8 Å². The zero-order valence-electron chi connectivity index (χ0n) is 10.9. The Bertz CT molecular complexity index is 523. The van der Waals surface area contributed by atoms with E-state index in [4.69, 9.17) is 14.4 Å². The lowest BCUT2D eigenvalue weighted by molar-refractivity contribution is -0.141. The van der Waals surface area contributed by atoms with Gasteiger partial charge in [0.2, 0.25) is 0 Å². The number of carbonyl (C=O) groups excluding carboxylic acids is 1. The second-order valence-corrected chi connectivity index (χ2v) is 5.23. The topological polar surface area (TPSA) is 92.9 Å². The van der Waals surface area contributed by atoms with Crippen LogP contribution in [0.1, 0.15) is 41.4 Å². The van der Waals surface area contributed by atoms with E-state index < -0.39 is 12.1 Å². The molecule has 1 amide bonds. The van der Waals surface area contributed by atoms with E-state index in [2.05, 4.69) is 5.16 Å². The Balaban J connectivity index is 1.64. The summed E-state index contributed by atoms with van der Waals surface area (Å²) in [6, 6.07) is 1.70. The van der Waals surface area contributed by atoms with Crippen molar-refractivity contribution in [1.29, 1.82) is 0 Å². The SMILES string of the molecule is O=C(O)CC1CN(C(=O)c2cc(C3CC3)on2)CCO1. The van der Waals surface area contributed by atoms with Gasteiger partial charge in [0.25, 0.3) is 5.91 Å². The van der Waals surface area contributed by atoms with Crippen molar-refractivity contribution in [2.75, 3.05) is 19.7 Å². The Morgan fingerprint density at radius 3 is 2.95 bits per heavy atom. The minimum absolute atomic E-state index is 0.101. The molecule has 1 atom stereocenters. The molecule has 0 radical (unpaired) electrons. The second kappa shape index (κ2) is 5.24. The summed E-state index contributed by atoms with van der Waals surface area (Å²) in [5.41, 5.74) is 0.294. The summed E-state index contributed by atoms with van der Waals surface area (Å²) in [5.74, 6) is 0.0262. The molecule has 0 bridgehead atoms. The van der Waals surface area contributed by atoms with Crippen LogP contribution in [-0.2, 0) is 9.53 Å². The van der Waals surface area contributed by atoms with Crippen LogP contribution < -0.4 is 0 Å². The van der Waals surface area contributed by atoms with Crippen LogP contribution in [0.5, 0.6) is 0 Å². The number of aliphatic carboxylic acids is 1. The first-order valence-electron chi connectivity index (χ1n) is 6.73. The highest BCUT2D eigenvalue weighted by molar-refractivity contribution is 5.92. The number of morpholine rings is 1. The molecule has 1 aromatic rings. The standard InChI is InChI=1S/C13H16N2O5/c16-12(17)5-9-7-15(3-4-19-9)13(18)10-6-11(20-14-10)8-1-2-8/h6,8-9H,1-5,7H2,(H,16,17). The van der Waals surface area contributed by atoms with Crippen LogP contribution in [0.4, 0.5) is 0 Å². The molecule has 1 aliphatic heterocycles. The molecule has 2 fully saturated rings. The van der Waals surface area contributed by atoms with E-state index in [1.165, 1.54) is 0 Å². The van der Waals surface area contributed by atoms with Gasteiger partial charge in [-0.05, 0) is 12.8 Å². The third-order valence-electron chi connectivity index (χ3n) is 3.56. The van der Waals surface area contributed by atoms with Crippen molar-refractivity contribution in [2.24, 2.45) is 0 Å². The summed E-state index contributed by atoms with van der Waals surface area (Å²) in [4.78, 5) is 24.6. The average Bonchev–Trinajstić information content (AvgIpc) is 3.15. The van der Waals surface area contributed by atoms with Crippen LogP contribution in [0, 0.1) is 0 Å². The molecule has 1 unspecified atom stereocenters. The molecule has 1 saturated heterocycles. The fraction of sp³-hybridized carbons (Fsp3) is 0.615. The van der Waals surface area contributed by atoms with Gasteiger partial charge in [0, 0.05) is 25.1 Å². The Morgan fingerprint density at radius 2 is 2.25 bits per heavy atom. The third-order valence-corrected chi connectivity index (χ3v) is 3.56. The molecular formula is C13H16N2O5. The molecule has 1 aliphatic carbocycles. The predicted octanol–water partition coefficient (Wildman–Crippen LogP) is 0.868. The smallest absolute Gasteiger partial charge is 0.306 e. The number of amides is 1. The van der Waals surface area contributed by atoms with Gasteiger partial charge in [0.1, 0.15) is 5.76 Å². The zero-order valence-corrected chi connectivity index (χ0v) is 10.9. The van der Waals surface area contributed by atoms with Crippen LogP contribution in [0.3, 0.4) is 0 Å². The van der Waals surface area contributed by atoms with E-state index in [0.717, 1.165) is 18.6 Å². The van der Waals surface area contributed by atoms with Gasteiger partial charge in [0.15, 0.2) is 5.69 Å². The van der Waals surface area contributed by atoms with Crippen LogP contribution in [0.25, 0.3) is 0 Å². The van der Waals surface area contributed by atoms with Gasteiger partial charge in [0.05, 0.1) is 19.1 Å². The van der Waals surface area contributed by atoms with Gasteiger partial charge >= 0.3 is 5.97 Å². The monoisotopic (exact) mass is 280 g/mol. The number of nitrogens with zero attached hydrogens (tertiary/aromatic N) is 2. The Hall–Kier alpha value is -1.89. The van der Waals surface area contributed by atoms with Crippen molar-refractivity contribution in [3.05, 3.63) is 17.5 Å². The number of aromatic nitrogens is 1. The first kappa shape index (κ1) is 13.1. The first-order valence-corrected chi connectivity index (χ1v) is 6.73. The first-order chi connectivity index (χ1) is 9.63. The highest BCUT2D eigenvalue weighted by Gasteiger charge is 2.31. The fourth-order valence-corrected chi connectivity index (χ4v) is 2.33. The lowest BCUT2D eigenvalue weighted by Crippen LogP contribution is -2.46. The normalized spacial score (nSPS) is 22.8. The lowest BCUT2D eigenvalue weighted by atomic mass is 10.2. The maximum atomic E-state index is 12.3. The highest BCUT2D eigenvalue weighted by Crippen LogP contribution is 2.40. The molecule has 108 valence electrons. The summed E-state index contributed by atoms with van der Waals surface area (Å²) in [6.07, 6.45) is 1.61. The predicted molar refractivity (Wildman–Crippen MR) is 66.4 cm³/mol. The molecular weight excluding hydrogens is 264 g/mol. The molecule has 1 aromatic heterocycles. The zero-order chi connectivity index (χ0) is 14.1. The lowest BCUT2D eigenvalue weighted by Gasteiger charge is -2.31. The number of ether oxygens (including phenoxy) is 1. The Morgan fingerprint density at radius 1 is 1.45 bits per heavy atom. The molecule has 0 spiro atoms. The Labute approximate surface area is 115 Å². The Kier molecular flexibility index (Phi) is 3.43. The number of carboxylic acid groups (broad SMARTS) is 1. The summed E-state index contributed by atoms with van der Waals surface area (Å²) < 4.78 is 10.5. The van der Waals surface area contributed by atoms with Crippen molar-refractivity contribution in [3.8, 4) is 0 Å². The summed E-state index contributed by atoms with van der Waals surface area (Å²) in [6.45, 7) is 1.06. The molecule has 7 heteroatoms. The minimum Gasteiger partial charge on any atom is -0.481 e. The van der Waals surface area contributed by atoms with E-state index in [-0.39, 0.29) is 18.9 Å². The van der Waals surface area contributed by atoms with E-state index >= 15 is 0 Å². The van der Waals surface area contributed by atoms with Crippen molar-refractivity contribution in [2.45, 2.75) is 31.3 Å². The van der Waals surface area contributed by atoms with Gasteiger partial charge in [-0.3, -0.25) is 9.59 Å². The van der Waals surface area contributed by atoms with E-state index in [0.29, 0.717) is 24.8 Å². The average molecular weight is 280 g/mol. The van der Waals surface area contributed by atoms with Gasteiger partial charge in [-0.1, -0.05) is 5.16 Å². The number of hydrogen-bond donors (Lipinski definition) is 1. The van der Waals surface area contributed by atoms with E-state index in [1.54, 1.807) is 11.0 Å². The summed E-state index contributed by atoms with van der Waals surface area (Å²) >= 11 is 0. The summed E-state index contributed by atoms with van der Waals surface area (Å²) in [7, 11) is 0. The number of hydrogen-bond acceptors (Lipinski definition) is 5. The number of carboxylic acids is 1. The van der Waals surface area contributed by atoms with Crippen LogP contribution in [0.2, 0.25) is 0 Å². The van der Waals surface area contributed by atoms with E-state index in [9.17, 15) is 9.59 Å². The molecule has 0 aromatic carbocycles. The molecule has 1 N–H and O–H groups in total. The largest absolute Gasteiger partial charge is 0.481 e. The van der Waals surface area contributed by atoms with Gasteiger partial charge in [-0.25, -0.2) is 0 Å². The van der Waals surface area contributed by atoms with Crippen LogP contribution in [0.15, 0.2) is 10.6 Å². The van der Waals surface area contributed by atoms with Gasteiger partial charge in [-0.2, -0.15) is 0 Å². The molecule has 20 heavy (non-hydrogen) atoms. The quantitative estimate of drug-likeness (QED) is 0.879. The number of rotatable bonds is 4. The van der Waals surface area contributed by atoms with Crippen molar-refractivity contribution >= 4 is 11.9 Å². The van der Waals surface area contributed by atoms with E-state index in [1.807, 2.05) is 0 Å². The number of carbonyl (C=O) groups is 2. The second-order valence-electron chi connectivity index (χ2n) is 5.23. The molecule has 2 aliphatic rings. The van der Waals surface area contributed by atoms with Crippen molar-refractivity contribution < 1.29 is 24.0 Å². The summed E-state index contributed by atoms with van der Waals surface area (Å²) in [5, 5.41) is 12.6. The fourth-order valence-electron chi connectivity index (χ4n) is 2.33.